The van der Waals surface area contributed by atoms with E-state index in [1.807, 2.05) is 0 Å². The number of aliphatic carboxylic acids is 2. The number of nitrogens with two attached hydrogens (primary N) is 3. The molecule has 1 fully saturated rings. The second-order valence-corrected chi connectivity index (χ2v) is 23.4. The molecule has 1 saturated heterocycles. The lowest BCUT2D eigenvalue weighted by Gasteiger charge is -2.32. The molecule has 0 bridgehead atoms. The van der Waals surface area contributed by atoms with E-state index < -0.39 is 150 Å². The predicted molar refractivity (Wildman–Crippen MR) is 338 cm³/mol. The standard InChI is InChI=1S/C65H86N12O16/c1-5-37(4)55(76-56(83)44(18-12-28-66)69-62(89)54(68)36(2)3)63(90)74-49(32-40-20-24-42(78)25-21-40)64(91)77-29-13-19-51(77)61(88)73-46(31-39-16-10-7-11-17-39)58(85)70-45(30-38-14-8-6-9-15-38)57(84)71-47(34-52(67)80)59(86)72-48(35-53(81)82)60(87)75-50(65(92)93)33-41-22-26-43(79)27-23-41/h6-11,14-17,20-27,36-37,44-51,54-55,78-79H,5,12-13,18-19,28-35,66,68H2,1-4H3,(H2,67,80)(H,69,89)(H,70,85)(H,71,84)(H,72,86)(H,73,88)(H,74,90)(H,75,87)(H,76,83)(H,81,82)(H,92,93)/t37-,44-,45-,46-,47-,48-,49-,50-,51-,54-,55-/m0/s1. The maximum atomic E-state index is 15.1. The number of carboxylic acids is 2. The topological polar surface area (TPSA) is 463 Å². The molecule has 11 atom stereocenters. The first-order valence-corrected chi connectivity index (χ1v) is 30.7. The number of carbonyl (C=O) groups is 12. The van der Waals surface area contributed by atoms with E-state index in [0.29, 0.717) is 41.5 Å². The molecule has 0 aromatic heterocycles. The molecule has 4 aromatic rings. The highest BCUT2D eigenvalue weighted by molar-refractivity contribution is 6.00. The quantitative estimate of drug-likeness (QED) is 0.0271. The fourth-order valence-corrected chi connectivity index (χ4v) is 10.3. The Hall–Kier alpha value is -9.96. The summed E-state index contributed by atoms with van der Waals surface area (Å²) in [6.45, 7) is 7.23. The Morgan fingerprint density at radius 2 is 0.935 bits per heavy atom. The molecule has 0 radical (unpaired) electrons. The van der Waals surface area contributed by atoms with Crippen molar-refractivity contribution < 1.29 is 78.0 Å². The van der Waals surface area contributed by atoms with E-state index in [2.05, 4.69) is 42.5 Å². The van der Waals surface area contributed by atoms with Crippen LogP contribution < -0.4 is 59.7 Å². The van der Waals surface area contributed by atoms with E-state index in [1.54, 1.807) is 100 Å². The first-order valence-electron chi connectivity index (χ1n) is 30.7. The molecule has 28 nitrogen and oxygen atoms in total. The molecule has 5 rings (SSSR count). The second kappa shape index (κ2) is 36.2. The van der Waals surface area contributed by atoms with Gasteiger partial charge < -0.3 is 85.1 Å². The summed E-state index contributed by atoms with van der Waals surface area (Å²) in [5, 5.41) is 60.0. The zero-order chi connectivity index (χ0) is 68.5. The molecule has 1 aliphatic rings. The van der Waals surface area contributed by atoms with E-state index in [0.717, 1.165) is 0 Å². The number of hydrogen-bond acceptors (Lipinski definition) is 16. The van der Waals surface area contributed by atoms with Crippen molar-refractivity contribution in [2.24, 2.45) is 29.0 Å². The Labute approximate surface area is 538 Å². The molecule has 28 heteroatoms. The molecule has 93 heavy (non-hydrogen) atoms. The highest BCUT2D eigenvalue weighted by Crippen LogP contribution is 2.23. The summed E-state index contributed by atoms with van der Waals surface area (Å²) >= 11 is 0. The Balaban J connectivity index is 1.42. The van der Waals surface area contributed by atoms with Gasteiger partial charge in [0.25, 0.3) is 0 Å². The molecule has 0 spiro atoms. The summed E-state index contributed by atoms with van der Waals surface area (Å²) in [5.41, 5.74) is 19.3. The van der Waals surface area contributed by atoms with Crippen LogP contribution in [-0.2, 0) is 83.2 Å². The number of nitrogens with one attached hydrogen (secondary N) is 8. The molecule has 1 aliphatic heterocycles. The largest absolute Gasteiger partial charge is 0.508 e. The van der Waals surface area contributed by atoms with Crippen molar-refractivity contribution in [2.45, 2.75) is 159 Å². The fourth-order valence-electron chi connectivity index (χ4n) is 10.3. The summed E-state index contributed by atoms with van der Waals surface area (Å²) in [4.78, 5) is 167. The van der Waals surface area contributed by atoms with E-state index >= 15 is 4.79 Å². The third kappa shape index (κ3) is 23.3. The average molecular weight is 1290 g/mol. The number of benzene rings is 4. The van der Waals surface area contributed by atoms with Crippen LogP contribution in [0.2, 0.25) is 0 Å². The van der Waals surface area contributed by atoms with Crippen LogP contribution >= 0.6 is 0 Å². The summed E-state index contributed by atoms with van der Waals surface area (Å²) < 4.78 is 0. The first kappa shape index (κ1) is 73.8. The summed E-state index contributed by atoms with van der Waals surface area (Å²) in [6.07, 6.45) is -1.71. The van der Waals surface area contributed by atoms with Gasteiger partial charge in [-0.3, -0.25) is 52.7 Å². The Bertz CT molecular complexity index is 3230. The van der Waals surface area contributed by atoms with Crippen molar-refractivity contribution in [3.8, 4) is 11.5 Å². The number of rotatable bonds is 36. The predicted octanol–water partition coefficient (Wildman–Crippen LogP) is -0.559. The monoisotopic (exact) mass is 1290 g/mol. The fraction of sp³-hybridized carbons (Fsp3) is 0.446. The van der Waals surface area contributed by atoms with E-state index in [-0.39, 0.29) is 69.0 Å². The van der Waals surface area contributed by atoms with Gasteiger partial charge in [0.2, 0.25) is 59.1 Å². The van der Waals surface area contributed by atoms with Crippen LogP contribution in [0.25, 0.3) is 0 Å². The van der Waals surface area contributed by atoms with Crippen molar-refractivity contribution >= 4 is 71.0 Å². The maximum Gasteiger partial charge on any atom is 0.326 e. The Morgan fingerprint density at radius 3 is 1.41 bits per heavy atom. The van der Waals surface area contributed by atoms with E-state index in [9.17, 15) is 73.2 Å². The number of aromatic hydroxyl groups is 2. The Morgan fingerprint density at radius 1 is 0.516 bits per heavy atom. The number of carbonyl (C=O) groups excluding carboxylic acids is 10. The van der Waals surface area contributed by atoms with Crippen molar-refractivity contribution in [1.29, 1.82) is 0 Å². The van der Waals surface area contributed by atoms with Crippen LogP contribution in [0.1, 0.15) is 94.9 Å². The summed E-state index contributed by atoms with van der Waals surface area (Å²) in [5.74, 6) is -13.4. The van der Waals surface area contributed by atoms with Crippen LogP contribution in [0.4, 0.5) is 0 Å². The van der Waals surface area contributed by atoms with Crippen molar-refractivity contribution in [1.82, 2.24) is 47.4 Å². The zero-order valence-electron chi connectivity index (χ0n) is 52.4. The second-order valence-electron chi connectivity index (χ2n) is 23.4. The molecular formula is C65H86N12O16. The van der Waals surface area contributed by atoms with E-state index in [1.165, 1.54) is 41.3 Å². The van der Waals surface area contributed by atoms with Gasteiger partial charge in [0.15, 0.2) is 0 Å². The molecule has 0 saturated carbocycles. The van der Waals surface area contributed by atoms with Gasteiger partial charge in [-0.2, -0.15) is 0 Å². The lowest BCUT2D eigenvalue weighted by molar-refractivity contribution is -0.144. The van der Waals surface area contributed by atoms with Gasteiger partial charge in [0, 0.05) is 32.2 Å². The number of nitrogens with zero attached hydrogens (tertiary/aromatic N) is 1. The van der Waals surface area contributed by atoms with Crippen LogP contribution in [-0.4, -0.2) is 170 Å². The normalized spacial score (nSPS) is 16.0. The molecule has 1 heterocycles. The van der Waals surface area contributed by atoms with Crippen molar-refractivity contribution in [3.05, 3.63) is 131 Å². The van der Waals surface area contributed by atoms with Gasteiger partial charge in [0.1, 0.15) is 65.9 Å². The smallest absolute Gasteiger partial charge is 0.326 e. The van der Waals surface area contributed by atoms with Gasteiger partial charge >= 0.3 is 11.9 Å². The maximum absolute atomic E-state index is 15.1. The lowest BCUT2D eigenvalue weighted by atomic mass is 9.96. The number of amides is 10. The zero-order valence-corrected chi connectivity index (χ0v) is 52.4. The highest BCUT2D eigenvalue weighted by Gasteiger charge is 2.42. The van der Waals surface area contributed by atoms with Crippen molar-refractivity contribution in [2.75, 3.05) is 13.1 Å². The number of phenols is 2. The number of primary amides is 1. The molecule has 502 valence electrons. The van der Waals surface area contributed by atoms with Gasteiger partial charge in [-0.05, 0) is 90.6 Å². The molecule has 0 unspecified atom stereocenters. The van der Waals surface area contributed by atoms with Crippen LogP contribution in [0, 0.1) is 11.8 Å². The SMILES string of the molecule is CC[C@H](C)[C@H](NC(=O)[C@H](CCCN)NC(=O)[C@@H](N)C(C)C)C(=O)N[C@@H](Cc1ccc(O)cc1)C(=O)N1CCC[C@H]1C(=O)N[C@@H](Cc1ccccc1)C(=O)N[C@@H](Cc1ccccc1)C(=O)N[C@@H](CC(N)=O)C(=O)N[C@@H](CC(=O)O)C(=O)N[C@@H](Cc1ccc(O)cc1)C(=O)O. The minimum atomic E-state index is -1.98. The van der Waals surface area contributed by atoms with Gasteiger partial charge in [-0.15, -0.1) is 0 Å². The minimum absolute atomic E-state index is 0.0198. The van der Waals surface area contributed by atoms with Gasteiger partial charge in [-0.25, -0.2) is 4.79 Å². The van der Waals surface area contributed by atoms with Crippen molar-refractivity contribution in [3.63, 3.8) is 0 Å². The summed E-state index contributed by atoms with van der Waals surface area (Å²) in [7, 11) is 0. The number of hydrogen-bond donors (Lipinski definition) is 15. The minimum Gasteiger partial charge on any atom is -0.508 e. The number of carboxylic acid groups (broad SMARTS) is 2. The highest BCUT2D eigenvalue weighted by atomic mass is 16.4. The lowest BCUT2D eigenvalue weighted by Crippen LogP contribution is -2.61. The molecular weight excluding hydrogens is 1200 g/mol. The average Bonchev–Trinajstić information content (AvgIpc) is 1.84. The van der Waals surface area contributed by atoms with Gasteiger partial charge in [-0.1, -0.05) is 119 Å². The molecule has 4 aromatic carbocycles. The molecule has 10 amide bonds. The molecule has 18 N–H and O–H groups in total. The summed E-state index contributed by atoms with van der Waals surface area (Å²) in [6, 6.07) is 13.3. The number of likely N-dealkylation sites (tertiary alicyclic amines) is 1. The van der Waals surface area contributed by atoms with Crippen LogP contribution in [0.3, 0.4) is 0 Å². The van der Waals surface area contributed by atoms with Crippen LogP contribution in [0.5, 0.6) is 11.5 Å². The third-order valence-corrected chi connectivity index (χ3v) is 15.8. The third-order valence-electron chi connectivity index (χ3n) is 15.8. The molecule has 0 aliphatic carbocycles. The van der Waals surface area contributed by atoms with Gasteiger partial charge in [0.05, 0.1) is 18.9 Å². The van der Waals surface area contributed by atoms with Crippen LogP contribution in [0.15, 0.2) is 109 Å². The Kier molecular flexibility index (Phi) is 28.7. The van der Waals surface area contributed by atoms with E-state index in [4.69, 9.17) is 17.2 Å². The number of phenolic OH excluding ortho intramolecular Hbond substituents is 2. The first-order chi connectivity index (χ1) is 44.2.